The lowest BCUT2D eigenvalue weighted by atomic mass is 10.2. The molecule has 0 bridgehead atoms. The summed E-state index contributed by atoms with van der Waals surface area (Å²) in [5.74, 6) is 0. The molecular formula is C13H15IN2. The third-order valence-electron chi connectivity index (χ3n) is 2.55. The van der Waals surface area contributed by atoms with Crippen LogP contribution in [-0.4, -0.2) is 4.68 Å². The van der Waals surface area contributed by atoms with Gasteiger partial charge in [0.15, 0.2) is 13.2 Å². The van der Waals surface area contributed by atoms with E-state index >= 15 is 0 Å². The van der Waals surface area contributed by atoms with E-state index in [1.807, 2.05) is 43.2 Å². The number of aromatic nitrogens is 2. The van der Waals surface area contributed by atoms with Crippen molar-refractivity contribution in [3.05, 3.63) is 53.9 Å². The van der Waals surface area contributed by atoms with Gasteiger partial charge in [-0.25, -0.2) is 0 Å². The van der Waals surface area contributed by atoms with Crippen LogP contribution in [0.3, 0.4) is 0 Å². The van der Waals surface area contributed by atoms with Crippen LogP contribution in [0.2, 0.25) is 0 Å². The van der Waals surface area contributed by atoms with Gasteiger partial charge in [0.05, 0.1) is 7.05 Å². The molecular weight excluding hydrogens is 311 g/mol. The number of benzene rings is 1. The Hall–Kier alpha value is -1.10. The van der Waals surface area contributed by atoms with Gasteiger partial charge in [0, 0.05) is 6.07 Å². The van der Waals surface area contributed by atoms with E-state index in [0.29, 0.717) is 0 Å². The fraction of sp³-hybridized carbons (Fsp3) is 0.154. The quantitative estimate of drug-likeness (QED) is 0.496. The fourth-order valence-electron chi connectivity index (χ4n) is 1.48. The lowest BCUT2D eigenvalue weighted by molar-refractivity contribution is -0.751. The number of nitrogens with zero attached hydrogens (tertiary/aromatic N) is 2. The van der Waals surface area contributed by atoms with E-state index in [2.05, 4.69) is 35.0 Å². The topological polar surface area (TPSA) is 8.81 Å². The lowest BCUT2D eigenvalue weighted by Gasteiger charge is -1.93. The van der Waals surface area contributed by atoms with E-state index < -0.39 is 0 Å². The second-order valence-electron chi connectivity index (χ2n) is 3.58. The van der Waals surface area contributed by atoms with Gasteiger partial charge in [-0.15, -0.1) is 4.68 Å². The summed E-state index contributed by atoms with van der Waals surface area (Å²) < 4.78 is 4.14. The summed E-state index contributed by atoms with van der Waals surface area (Å²) in [5.41, 5.74) is 2.42. The molecule has 0 radical (unpaired) electrons. The van der Waals surface area contributed by atoms with Crippen LogP contribution in [0.15, 0.2) is 42.6 Å². The van der Waals surface area contributed by atoms with Crippen LogP contribution in [0.4, 0.5) is 0 Å². The van der Waals surface area contributed by atoms with Crippen molar-refractivity contribution in [3.63, 3.8) is 0 Å². The van der Waals surface area contributed by atoms with Crippen LogP contribution in [0, 0.1) is 0 Å². The van der Waals surface area contributed by atoms with Crippen molar-refractivity contribution in [1.82, 2.24) is 4.68 Å². The molecule has 0 amide bonds. The summed E-state index contributed by atoms with van der Waals surface area (Å²) in [6.45, 7) is 0. The lowest BCUT2D eigenvalue weighted by Crippen LogP contribution is -3.00. The highest BCUT2D eigenvalue weighted by molar-refractivity contribution is 5.67. The minimum Gasteiger partial charge on any atom is -1.00 e. The van der Waals surface area contributed by atoms with Crippen LogP contribution in [-0.2, 0) is 14.1 Å². The largest absolute Gasteiger partial charge is 1.00 e. The van der Waals surface area contributed by atoms with Crippen LogP contribution in [0.1, 0.15) is 11.3 Å². The molecule has 0 N–H and O–H groups in total. The standard InChI is InChI=1S/C13H15N2.HI/c1-14-11-10-13(15(14)2)9-8-12-6-4-3-5-7-12;/h3-11H,1-2H3;1H/q+1;/p-1. The van der Waals surface area contributed by atoms with Gasteiger partial charge in [0.2, 0.25) is 0 Å². The van der Waals surface area contributed by atoms with Gasteiger partial charge >= 0.3 is 0 Å². The van der Waals surface area contributed by atoms with Crippen LogP contribution in [0.5, 0.6) is 0 Å². The zero-order valence-electron chi connectivity index (χ0n) is 9.47. The van der Waals surface area contributed by atoms with Gasteiger partial charge in [-0.3, -0.25) is 0 Å². The van der Waals surface area contributed by atoms with Crippen LogP contribution >= 0.6 is 0 Å². The molecule has 0 aliphatic heterocycles. The Bertz CT molecular complexity index is 472. The normalized spacial score (nSPS) is 10.4. The van der Waals surface area contributed by atoms with Crippen molar-refractivity contribution in [2.75, 3.05) is 0 Å². The highest BCUT2D eigenvalue weighted by atomic mass is 127. The number of halogens is 1. The molecule has 0 unspecified atom stereocenters. The molecule has 2 aromatic rings. The minimum atomic E-state index is 0. The predicted octanol–water partition coefficient (Wildman–Crippen LogP) is -0.976. The summed E-state index contributed by atoms with van der Waals surface area (Å²) in [6.07, 6.45) is 6.29. The Kier molecular flexibility index (Phi) is 4.73. The minimum absolute atomic E-state index is 0. The van der Waals surface area contributed by atoms with Crippen molar-refractivity contribution < 1.29 is 28.7 Å². The molecule has 2 rings (SSSR count). The molecule has 0 aliphatic carbocycles. The predicted molar refractivity (Wildman–Crippen MR) is 62.0 cm³/mol. The van der Waals surface area contributed by atoms with Gasteiger partial charge in [0.25, 0.3) is 0 Å². The third-order valence-corrected chi connectivity index (χ3v) is 2.55. The number of rotatable bonds is 2. The summed E-state index contributed by atoms with van der Waals surface area (Å²) in [6, 6.07) is 12.4. The zero-order valence-corrected chi connectivity index (χ0v) is 11.6. The van der Waals surface area contributed by atoms with Gasteiger partial charge < -0.3 is 24.0 Å². The summed E-state index contributed by atoms with van der Waals surface area (Å²) in [7, 11) is 4.07. The van der Waals surface area contributed by atoms with Crippen molar-refractivity contribution >= 4 is 12.2 Å². The van der Waals surface area contributed by atoms with E-state index in [9.17, 15) is 0 Å². The molecule has 0 saturated carbocycles. The summed E-state index contributed by atoms with van der Waals surface area (Å²) in [5, 5.41) is 0. The fourth-order valence-corrected chi connectivity index (χ4v) is 1.48. The van der Waals surface area contributed by atoms with Crippen molar-refractivity contribution in [3.8, 4) is 0 Å². The SMILES string of the molecule is Cn1c(C=Cc2ccccc2)cc[n+]1C.[I-]. The first-order valence-electron chi connectivity index (χ1n) is 5.02. The monoisotopic (exact) mass is 326 g/mol. The number of hydrogen-bond acceptors (Lipinski definition) is 0. The highest BCUT2D eigenvalue weighted by Gasteiger charge is 2.02. The molecule has 0 saturated heterocycles. The molecule has 3 heteroatoms. The van der Waals surface area contributed by atoms with E-state index in [1.54, 1.807) is 0 Å². The maximum absolute atomic E-state index is 2.12. The van der Waals surface area contributed by atoms with E-state index in [1.165, 1.54) is 11.3 Å². The Morgan fingerprint density at radius 3 is 2.31 bits per heavy atom. The van der Waals surface area contributed by atoms with Crippen LogP contribution < -0.4 is 28.7 Å². The smallest absolute Gasteiger partial charge is 0.195 e. The molecule has 0 aliphatic rings. The number of hydrogen-bond donors (Lipinski definition) is 0. The molecule has 84 valence electrons. The summed E-state index contributed by atoms with van der Waals surface area (Å²) >= 11 is 0. The van der Waals surface area contributed by atoms with Gasteiger partial charge in [-0.1, -0.05) is 36.4 Å². The molecule has 0 atom stereocenters. The first-order chi connectivity index (χ1) is 7.27. The Balaban J connectivity index is 0.00000128. The van der Waals surface area contributed by atoms with Crippen LogP contribution in [0.25, 0.3) is 12.2 Å². The first kappa shape index (κ1) is 13.0. The zero-order chi connectivity index (χ0) is 10.7. The van der Waals surface area contributed by atoms with E-state index in [-0.39, 0.29) is 24.0 Å². The molecule has 1 heterocycles. The Morgan fingerprint density at radius 1 is 1.06 bits per heavy atom. The molecule has 2 nitrogen and oxygen atoms in total. The molecule has 0 spiro atoms. The Labute approximate surface area is 113 Å². The van der Waals surface area contributed by atoms with Crippen molar-refractivity contribution in [2.45, 2.75) is 0 Å². The summed E-state index contributed by atoms with van der Waals surface area (Å²) in [4.78, 5) is 0. The molecule has 1 aromatic carbocycles. The third kappa shape index (κ3) is 2.95. The second kappa shape index (κ2) is 5.84. The van der Waals surface area contributed by atoms with Gasteiger partial charge in [-0.05, 0) is 11.6 Å². The highest BCUT2D eigenvalue weighted by Crippen LogP contribution is 2.05. The Morgan fingerprint density at radius 2 is 1.75 bits per heavy atom. The van der Waals surface area contributed by atoms with Crippen molar-refractivity contribution in [2.24, 2.45) is 14.1 Å². The van der Waals surface area contributed by atoms with Gasteiger partial charge in [0.1, 0.15) is 5.69 Å². The maximum Gasteiger partial charge on any atom is 0.195 e. The van der Waals surface area contributed by atoms with E-state index in [0.717, 1.165) is 0 Å². The van der Waals surface area contributed by atoms with E-state index in [4.69, 9.17) is 0 Å². The van der Waals surface area contributed by atoms with Crippen molar-refractivity contribution in [1.29, 1.82) is 0 Å². The van der Waals surface area contributed by atoms with Gasteiger partial charge in [-0.2, -0.15) is 4.68 Å². The maximum atomic E-state index is 2.12. The molecule has 16 heavy (non-hydrogen) atoms. The first-order valence-corrected chi connectivity index (χ1v) is 5.02. The average Bonchev–Trinajstić information content (AvgIpc) is 2.59. The molecule has 1 aromatic heterocycles. The average molecular weight is 326 g/mol. The number of aryl methyl sites for hydroxylation is 1. The second-order valence-corrected chi connectivity index (χ2v) is 3.58. The molecule has 0 fully saturated rings.